The molecule has 0 aliphatic heterocycles. The van der Waals surface area contributed by atoms with E-state index in [2.05, 4.69) is 24.0 Å². The SMILES string of the molecule is CC1(Cc2nc3ccccc3s2)CCC(=O)C1. The van der Waals surface area contributed by atoms with E-state index in [1.165, 1.54) is 9.71 Å². The Bertz CT molecular complexity index is 541. The zero-order chi connectivity index (χ0) is 11.9. The van der Waals surface area contributed by atoms with Gasteiger partial charge in [0.15, 0.2) is 0 Å². The smallest absolute Gasteiger partial charge is 0.133 e. The quantitative estimate of drug-likeness (QED) is 0.809. The van der Waals surface area contributed by atoms with Crippen LogP contribution >= 0.6 is 11.3 Å². The highest BCUT2D eigenvalue weighted by Gasteiger charge is 2.34. The maximum Gasteiger partial charge on any atom is 0.133 e. The molecule has 1 atom stereocenters. The molecule has 0 radical (unpaired) electrons. The fourth-order valence-corrected chi connectivity index (χ4v) is 3.79. The van der Waals surface area contributed by atoms with Crippen molar-refractivity contribution < 1.29 is 4.79 Å². The molecule has 1 fully saturated rings. The molecule has 2 nitrogen and oxygen atoms in total. The van der Waals surface area contributed by atoms with Gasteiger partial charge in [0, 0.05) is 19.3 Å². The van der Waals surface area contributed by atoms with Gasteiger partial charge in [0.1, 0.15) is 5.78 Å². The van der Waals surface area contributed by atoms with Crippen LogP contribution in [0.1, 0.15) is 31.2 Å². The number of Topliss-reactive ketones (excluding diaryl/α,β-unsaturated/α-hetero) is 1. The van der Waals surface area contributed by atoms with Crippen LogP contribution in [0.15, 0.2) is 24.3 Å². The molecular formula is C14H15NOS. The molecule has 17 heavy (non-hydrogen) atoms. The van der Waals surface area contributed by atoms with Gasteiger partial charge >= 0.3 is 0 Å². The Labute approximate surface area is 105 Å². The van der Waals surface area contributed by atoms with Gasteiger partial charge in [0.25, 0.3) is 0 Å². The lowest BCUT2D eigenvalue weighted by atomic mass is 9.85. The summed E-state index contributed by atoms with van der Waals surface area (Å²) in [6.45, 7) is 2.21. The summed E-state index contributed by atoms with van der Waals surface area (Å²) in [5, 5.41) is 1.17. The Morgan fingerprint density at radius 3 is 2.94 bits per heavy atom. The van der Waals surface area contributed by atoms with Crippen molar-refractivity contribution in [2.24, 2.45) is 5.41 Å². The molecule has 88 valence electrons. The minimum atomic E-state index is 0.144. The van der Waals surface area contributed by atoms with E-state index < -0.39 is 0 Å². The van der Waals surface area contributed by atoms with Crippen LogP contribution < -0.4 is 0 Å². The summed E-state index contributed by atoms with van der Waals surface area (Å²) in [5.74, 6) is 0.411. The molecule has 1 saturated carbocycles. The number of hydrogen-bond donors (Lipinski definition) is 0. The lowest BCUT2D eigenvalue weighted by molar-refractivity contribution is -0.117. The highest BCUT2D eigenvalue weighted by Crippen LogP contribution is 2.39. The molecule has 1 aliphatic rings. The number of ketones is 1. The molecule has 0 amide bonds. The number of hydrogen-bond acceptors (Lipinski definition) is 3. The van der Waals surface area contributed by atoms with Gasteiger partial charge < -0.3 is 0 Å². The Balaban J connectivity index is 1.87. The fourth-order valence-electron chi connectivity index (χ4n) is 2.61. The van der Waals surface area contributed by atoms with Gasteiger partial charge in [-0.15, -0.1) is 11.3 Å². The summed E-state index contributed by atoms with van der Waals surface area (Å²) < 4.78 is 1.25. The summed E-state index contributed by atoms with van der Waals surface area (Å²) in [7, 11) is 0. The fraction of sp³-hybridized carbons (Fsp3) is 0.429. The van der Waals surface area contributed by atoms with Crippen LogP contribution in [0.2, 0.25) is 0 Å². The topological polar surface area (TPSA) is 30.0 Å². The van der Waals surface area contributed by atoms with Crippen LogP contribution in [-0.4, -0.2) is 10.8 Å². The lowest BCUT2D eigenvalue weighted by Crippen LogP contribution is -2.15. The summed E-state index contributed by atoms with van der Waals surface area (Å²) in [5.41, 5.74) is 1.23. The predicted octanol–water partition coefficient (Wildman–Crippen LogP) is 3.60. The Hall–Kier alpha value is -1.22. The molecule has 1 unspecified atom stereocenters. The number of nitrogens with zero attached hydrogens (tertiary/aromatic N) is 1. The average molecular weight is 245 g/mol. The second kappa shape index (κ2) is 3.91. The third-order valence-corrected chi connectivity index (χ3v) is 4.58. The van der Waals surface area contributed by atoms with Crippen molar-refractivity contribution in [3.8, 4) is 0 Å². The molecule has 1 aliphatic carbocycles. The highest BCUT2D eigenvalue weighted by molar-refractivity contribution is 7.18. The third-order valence-electron chi connectivity index (χ3n) is 3.55. The van der Waals surface area contributed by atoms with E-state index in [0.29, 0.717) is 5.78 Å². The van der Waals surface area contributed by atoms with Crippen LogP contribution in [0.3, 0.4) is 0 Å². The van der Waals surface area contributed by atoms with Crippen LogP contribution in [0, 0.1) is 5.41 Å². The summed E-state index contributed by atoms with van der Waals surface area (Å²) in [4.78, 5) is 16.1. The molecule has 1 heterocycles. The summed E-state index contributed by atoms with van der Waals surface area (Å²) in [6.07, 6.45) is 3.43. The van der Waals surface area contributed by atoms with Gasteiger partial charge in [-0.05, 0) is 24.0 Å². The van der Waals surface area contributed by atoms with Crippen molar-refractivity contribution in [3.05, 3.63) is 29.3 Å². The van der Waals surface area contributed by atoms with Crippen LogP contribution in [0.5, 0.6) is 0 Å². The van der Waals surface area contributed by atoms with Gasteiger partial charge in [0.2, 0.25) is 0 Å². The Kier molecular flexibility index (Phi) is 2.51. The maximum absolute atomic E-state index is 11.4. The second-order valence-corrected chi connectivity index (χ2v) is 6.39. The first-order chi connectivity index (χ1) is 8.15. The Morgan fingerprint density at radius 2 is 2.24 bits per heavy atom. The van der Waals surface area contributed by atoms with Crippen molar-refractivity contribution >= 4 is 27.3 Å². The molecule has 0 spiro atoms. The van der Waals surface area contributed by atoms with Crippen LogP contribution in [-0.2, 0) is 11.2 Å². The normalized spacial score (nSPS) is 24.6. The van der Waals surface area contributed by atoms with Crippen molar-refractivity contribution in [2.75, 3.05) is 0 Å². The maximum atomic E-state index is 11.4. The molecule has 1 aromatic carbocycles. The number of benzene rings is 1. The third kappa shape index (κ3) is 2.12. The molecule has 2 aromatic rings. The van der Waals surface area contributed by atoms with Crippen molar-refractivity contribution in [2.45, 2.75) is 32.6 Å². The van der Waals surface area contributed by atoms with E-state index >= 15 is 0 Å². The monoisotopic (exact) mass is 245 g/mol. The lowest BCUT2D eigenvalue weighted by Gasteiger charge is -2.20. The zero-order valence-electron chi connectivity index (χ0n) is 9.90. The molecule has 3 heteroatoms. The first-order valence-electron chi connectivity index (χ1n) is 6.01. The average Bonchev–Trinajstić information content (AvgIpc) is 2.81. The zero-order valence-corrected chi connectivity index (χ0v) is 10.7. The van der Waals surface area contributed by atoms with Gasteiger partial charge in [-0.2, -0.15) is 0 Å². The van der Waals surface area contributed by atoms with Gasteiger partial charge in [0.05, 0.1) is 15.2 Å². The minimum Gasteiger partial charge on any atom is -0.300 e. The van der Waals surface area contributed by atoms with Gasteiger partial charge in [-0.3, -0.25) is 4.79 Å². The van der Waals surface area contributed by atoms with Crippen molar-refractivity contribution in [1.29, 1.82) is 0 Å². The van der Waals surface area contributed by atoms with E-state index in [0.717, 1.165) is 31.2 Å². The number of para-hydroxylation sites is 1. The minimum absolute atomic E-state index is 0.144. The van der Waals surface area contributed by atoms with E-state index in [9.17, 15) is 4.79 Å². The van der Waals surface area contributed by atoms with E-state index in [1.54, 1.807) is 11.3 Å². The number of rotatable bonds is 2. The standard InChI is InChI=1S/C14H15NOS/c1-14(7-6-10(16)8-14)9-13-15-11-4-2-3-5-12(11)17-13/h2-5H,6-9H2,1H3. The van der Waals surface area contributed by atoms with Crippen molar-refractivity contribution in [3.63, 3.8) is 0 Å². The van der Waals surface area contributed by atoms with Crippen molar-refractivity contribution in [1.82, 2.24) is 4.98 Å². The van der Waals surface area contributed by atoms with Gasteiger partial charge in [-0.1, -0.05) is 19.1 Å². The van der Waals surface area contributed by atoms with E-state index in [-0.39, 0.29) is 5.41 Å². The largest absolute Gasteiger partial charge is 0.300 e. The molecule has 3 rings (SSSR count). The molecule has 0 N–H and O–H groups in total. The summed E-state index contributed by atoms with van der Waals surface area (Å²) in [6, 6.07) is 8.23. The second-order valence-electron chi connectivity index (χ2n) is 5.28. The number of carbonyl (C=O) groups excluding carboxylic acids is 1. The molecule has 1 aromatic heterocycles. The van der Waals surface area contributed by atoms with Gasteiger partial charge in [-0.25, -0.2) is 4.98 Å². The highest BCUT2D eigenvalue weighted by atomic mass is 32.1. The van der Waals surface area contributed by atoms with Crippen LogP contribution in [0.4, 0.5) is 0 Å². The number of thiazole rings is 1. The molecule has 0 bridgehead atoms. The van der Waals surface area contributed by atoms with E-state index in [4.69, 9.17) is 0 Å². The molecule has 0 saturated heterocycles. The number of fused-ring (bicyclic) bond motifs is 1. The predicted molar refractivity (Wildman–Crippen MR) is 70.3 cm³/mol. The summed E-state index contributed by atoms with van der Waals surface area (Å²) >= 11 is 1.76. The van der Waals surface area contributed by atoms with E-state index in [1.807, 2.05) is 12.1 Å². The first kappa shape index (κ1) is 10.9. The number of aromatic nitrogens is 1. The molecular weight excluding hydrogens is 230 g/mol. The Morgan fingerprint density at radius 1 is 1.41 bits per heavy atom. The first-order valence-corrected chi connectivity index (χ1v) is 6.82. The van der Waals surface area contributed by atoms with Crippen LogP contribution in [0.25, 0.3) is 10.2 Å². The number of carbonyl (C=O) groups is 1.